The number of primary amides is 1. The number of rotatable bonds is 4. The summed E-state index contributed by atoms with van der Waals surface area (Å²) < 4.78 is 1.82. The molecule has 1 saturated carbocycles. The van der Waals surface area contributed by atoms with Crippen molar-refractivity contribution in [2.75, 3.05) is 0 Å². The number of carbonyl (C=O) groups is 2. The first kappa shape index (κ1) is 14.6. The Balaban J connectivity index is 2.11. The topological polar surface area (TPSA) is 77.1 Å². The first-order valence-electron chi connectivity index (χ1n) is 7.29. The van der Waals surface area contributed by atoms with Crippen molar-refractivity contribution in [1.82, 2.24) is 9.88 Å². The van der Waals surface area contributed by atoms with Crippen LogP contribution in [-0.4, -0.2) is 21.9 Å². The van der Waals surface area contributed by atoms with Crippen molar-refractivity contribution in [2.45, 2.75) is 57.0 Å². The Bertz CT molecular complexity index is 459. The first-order valence-corrected chi connectivity index (χ1v) is 7.29. The van der Waals surface area contributed by atoms with Crippen molar-refractivity contribution < 1.29 is 9.59 Å². The molecule has 1 atom stereocenters. The van der Waals surface area contributed by atoms with Gasteiger partial charge in [0.05, 0.1) is 0 Å². The van der Waals surface area contributed by atoms with Crippen LogP contribution in [0, 0.1) is 0 Å². The van der Waals surface area contributed by atoms with Gasteiger partial charge in [-0.2, -0.15) is 0 Å². The molecule has 1 heterocycles. The summed E-state index contributed by atoms with van der Waals surface area (Å²) >= 11 is 0. The number of hydrogen-bond acceptors (Lipinski definition) is 2. The molecule has 5 heteroatoms. The summed E-state index contributed by atoms with van der Waals surface area (Å²) in [6.45, 7) is 1.82. The number of carbonyl (C=O) groups excluding carboxylic acids is 2. The van der Waals surface area contributed by atoms with E-state index in [9.17, 15) is 9.59 Å². The summed E-state index contributed by atoms with van der Waals surface area (Å²) in [6, 6.07) is 3.41. The van der Waals surface area contributed by atoms with E-state index < -0.39 is 11.4 Å². The summed E-state index contributed by atoms with van der Waals surface area (Å²) in [5.41, 5.74) is 4.71. The van der Waals surface area contributed by atoms with Gasteiger partial charge >= 0.3 is 0 Å². The van der Waals surface area contributed by atoms with Gasteiger partial charge in [-0.05, 0) is 31.9 Å². The van der Waals surface area contributed by atoms with Gasteiger partial charge < -0.3 is 15.6 Å². The molecule has 5 nitrogen and oxygen atoms in total. The van der Waals surface area contributed by atoms with Crippen molar-refractivity contribution in [3.8, 4) is 0 Å². The Morgan fingerprint density at radius 2 is 1.70 bits per heavy atom. The van der Waals surface area contributed by atoms with Crippen LogP contribution in [0.3, 0.4) is 0 Å². The van der Waals surface area contributed by atoms with Gasteiger partial charge in [0.2, 0.25) is 11.8 Å². The Hall–Kier alpha value is -1.78. The van der Waals surface area contributed by atoms with E-state index in [1.165, 1.54) is 0 Å². The third-order valence-corrected chi connectivity index (χ3v) is 4.25. The molecule has 1 aromatic rings. The quantitative estimate of drug-likeness (QED) is 0.822. The predicted molar refractivity (Wildman–Crippen MR) is 76.9 cm³/mol. The second-order valence-corrected chi connectivity index (χ2v) is 5.66. The first-order chi connectivity index (χ1) is 9.55. The lowest BCUT2D eigenvalue weighted by Gasteiger charge is -2.32. The van der Waals surface area contributed by atoms with Gasteiger partial charge in [0.25, 0.3) is 0 Å². The van der Waals surface area contributed by atoms with Crippen molar-refractivity contribution in [2.24, 2.45) is 5.73 Å². The maximum absolute atomic E-state index is 12.4. The maximum atomic E-state index is 12.4. The van der Waals surface area contributed by atoms with Crippen molar-refractivity contribution in [3.05, 3.63) is 24.5 Å². The van der Waals surface area contributed by atoms with Gasteiger partial charge in [-0.3, -0.25) is 9.59 Å². The highest BCUT2D eigenvalue weighted by Crippen LogP contribution is 2.27. The number of nitrogens with one attached hydrogen (secondary N) is 1. The standard InChI is InChI=1S/C15H23N3O2/c1-12(18-10-6-7-11-18)13(19)17-15(14(16)20)8-4-2-3-5-9-15/h6-7,10-12H,2-5,8-9H2,1H3,(H2,16,20)(H,17,19)/t12-/m1/s1. The summed E-state index contributed by atoms with van der Waals surface area (Å²) in [6.07, 6.45) is 9.03. The van der Waals surface area contributed by atoms with E-state index in [1.54, 1.807) is 0 Å². The zero-order valence-corrected chi connectivity index (χ0v) is 12.0. The molecule has 0 aliphatic heterocycles. The third-order valence-electron chi connectivity index (χ3n) is 4.25. The number of nitrogens with two attached hydrogens (primary N) is 1. The fourth-order valence-corrected chi connectivity index (χ4v) is 2.85. The van der Waals surface area contributed by atoms with Gasteiger partial charge in [0.1, 0.15) is 11.6 Å². The molecule has 0 spiro atoms. The van der Waals surface area contributed by atoms with Crippen LogP contribution >= 0.6 is 0 Å². The van der Waals surface area contributed by atoms with Crippen LogP contribution in [0.5, 0.6) is 0 Å². The average Bonchev–Trinajstić information content (AvgIpc) is 2.85. The minimum absolute atomic E-state index is 0.151. The van der Waals surface area contributed by atoms with Crippen molar-refractivity contribution in [1.29, 1.82) is 0 Å². The number of nitrogens with zero attached hydrogens (tertiary/aromatic N) is 1. The molecule has 0 aromatic carbocycles. The molecule has 1 aliphatic rings. The summed E-state index contributed by atoms with van der Waals surface area (Å²) in [5.74, 6) is -0.561. The molecule has 3 N–H and O–H groups in total. The second kappa shape index (κ2) is 6.11. The molecule has 110 valence electrons. The second-order valence-electron chi connectivity index (χ2n) is 5.66. The SMILES string of the molecule is C[C@H](C(=O)NC1(C(N)=O)CCCCCC1)n1cccc1. The van der Waals surface area contributed by atoms with Gasteiger partial charge in [-0.1, -0.05) is 25.7 Å². The van der Waals surface area contributed by atoms with E-state index >= 15 is 0 Å². The molecule has 1 fully saturated rings. The summed E-state index contributed by atoms with van der Waals surface area (Å²) in [7, 11) is 0. The molecule has 20 heavy (non-hydrogen) atoms. The predicted octanol–water partition coefficient (Wildman–Crippen LogP) is 1.74. The summed E-state index contributed by atoms with van der Waals surface area (Å²) in [5, 5.41) is 2.93. The molecule has 2 rings (SSSR count). The Labute approximate surface area is 119 Å². The van der Waals surface area contributed by atoms with Gasteiger partial charge in [0, 0.05) is 12.4 Å². The van der Waals surface area contributed by atoms with Crippen molar-refractivity contribution in [3.63, 3.8) is 0 Å². The largest absolute Gasteiger partial charge is 0.368 e. The molecule has 0 bridgehead atoms. The van der Waals surface area contributed by atoms with E-state index in [0.29, 0.717) is 12.8 Å². The van der Waals surface area contributed by atoms with Crippen LogP contribution in [0.4, 0.5) is 0 Å². The third kappa shape index (κ3) is 3.03. The van der Waals surface area contributed by atoms with Crippen LogP contribution in [0.2, 0.25) is 0 Å². The van der Waals surface area contributed by atoms with Crippen LogP contribution in [-0.2, 0) is 9.59 Å². The fraction of sp³-hybridized carbons (Fsp3) is 0.600. The molecular weight excluding hydrogens is 254 g/mol. The highest BCUT2D eigenvalue weighted by atomic mass is 16.2. The van der Waals surface area contributed by atoms with E-state index in [2.05, 4.69) is 5.32 Å². The Kier molecular flexibility index (Phi) is 4.47. The van der Waals surface area contributed by atoms with E-state index in [-0.39, 0.29) is 11.9 Å². The van der Waals surface area contributed by atoms with E-state index in [1.807, 2.05) is 36.0 Å². The van der Waals surface area contributed by atoms with Gasteiger partial charge in [-0.15, -0.1) is 0 Å². The van der Waals surface area contributed by atoms with E-state index in [4.69, 9.17) is 5.73 Å². The van der Waals surface area contributed by atoms with Crippen LogP contribution in [0.15, 0.2) is 24.5 Å². The smallest absolute Gasteiger partial charge is 0.243 e. The van der Waals surface area contributed by atoms with Crippen LogP contribution in [0.1, 0.15) is 51.5 Å². The molecule has 0 unspecified atom stereocenters. The lowest BCUT2D eigenvalue weighted by Crippen LogP contribution is -2.58. The van der Waals surface area contributed by atoms with Gasteiger partial charge in [0.15, 0.2) is 0 Å². The Morgan fingerprint density at radius 1 is 1.15 bits per heavy atom. The molecule has 0 radical (unpaired) electrons. The van der Waals surface area contributed by atoms with Gasteiger partial charge in [-0.25, -0.2) is 0 Å². The molecule has 0 saturated heterocycles. The monoisotopic (exact) mass is 277 g/mol. The molecule has 1 aliphatic carbocycles. The Morgan fingerprint density at radius 3 is 2.20 bits per heavy atom. The van der Waals surface area contributed by atoms with Crippen molar-refractivity contribution >= 4 is 11.8 Å². The zero-order chi connectivity index (χ0) is 14.6. The molecule has 2 amide bonds. The number of aromatic nitrogens is 1. The lowest BCUT2D eigenvalue weighted by molar-refractivity contribution is -0.133. The van der Waals surface area contributed by atoms with Crippen LogP contribution in [0.25, 0.3) is 0 Å². The van der Waals surface area contributed by atoms with Crippen LogP contribution < -0.4 is 11.1 Å². The lowest BCUT2D eigenvalue weighted by atomic mass is 9.89. The minimum atomic E-state index is -0.866. The molecule has 1 aromatic heterocycles. The normalized spacial score (nSPS) is 19.9. The number of amides is 2. The zero-order valence-electron chi connectivity index (χ0n) is 12.0. The highest BCUT2D eigenvalue weighted by Gasteiger charge is 2.39. The fourth-order valence-electron chi connectivity index (χ4n) is 2.85. The maximum Gasteiger partial charge on any atom is 0.243 e. The minimum Gasteiger partial charge on any atom is -0.368 e. The average molecular weight is 277 g/mol. The van der Waals surface area contributed by atoms with E-state index in [0.717, 1.165) is 25.7 Å². The number of hydrogen-bond donors (Lipinski definition) is 2. The molecular formula is C15H23N3O2. The highest BCUT2D eigenvalue weighted by molar-refractivity contribution is 5.91. The summed E-state index contributed by atoms with van der Waals surface area (Å²) in [4.78, 5) is 24.3.